The third-order valence-corrected chi connectivity index (χ3v) is 5.73. The van der Waals surface area contributed by atoms with E-state index in [0.717, 1.165) is 16.9 Å². The van der Waals surface area contributed by atoms with Crippen LogP contribution in [0.25, 0.3) is 0 Å². The van der Waals surface area contributed by atoms with Gasteiger partial charge in [-0.1, -0.05) is 23.7 Å². The lowest BCUT2D eigenvalue weighted by molar-refractivity contribution is 0.0992. The van der Waals surface area contributed by atoms with Crippen molar-refractivity contribution in [3.63, 3.8) is 0 Å². The molecule has 0 aliphatic heterocycles. The van der Waals surface area contributed by atoms with Gasteiger partial charge in [0.25, 0.3) is 5.91 Å². The van der Waals surface area contributed by atoms with Crippen LogP contribution in [0.15, 0.2) is 63.6 Å². The van der Waals surface area contributed by atoms with E-state index in [1.807, 2.05) is 26.0 Å². The van der Waals surface area contributed by atoms with Crippen LogP contribution in [-0.2, 0) is 13.2 Å². The first-order chi connectivity index (χ1) is 15.8. The first-order valence-corrected chi connectivity index (χ1v) is 11.2. The number of furan rings is 1. The van der Waals surface area contributed by atoms with Gasteiger partial charge in [-0.25, -0.2) is 4.39 Å². The SMILES string of the molecule is Cc1cc(C)cc(OCc2ccc(C(=O)Nc3nn(Cc4c(F)cccc4Cl)cc3Br)o2)c1. The first kappa shape index (κ1) is 23.1. The third-order valence-electron chi connectivity index (χ3n) is 4.79. The molecule has 0 aliphatic rings. The Labute approximate surface area is 203 Å². The molecule has 0 spiro atoms. The second-order valence-corrected chi connectivity index (χ2v) is 8.82. The van der Waals surface area contributed by atoms with E-state index in [1.165, 1.54) is 16.8 Å². The van der Waals surface area contributed by atoms with Gasteiger partial charge < -0.3 is 14.5 Å². The lowest BCUT2D eigenvalue weighted by Crippen LogP contribution is -2.12. The van der Waals surface area contributed by atoms with Crippen LogP contribution in [0.1, 0.15) is 33.0 Å². The number of aryl methyl sites for hydroxylation is 2. The van der Waals surface area contributed by atoms with Crippen LogP contribution in [0, 0.1) is 19.7 Å². The van der Waals surface area contributed by atoms with E-state index in [4.69, 9.17) is 20.8 Å². The van der Waals surface area contributed by atoms with Crippen molar-refractivity contribution in [2.24, 2.45) is 0 Å². The van der Waals surface area contributed by atoms with Gasteiger partial charge in [0.05, 0.1) is 11.0 Å². The Balaban J connectivity index is 1.40. The first-order valence-electron chi connectivity index (χ1n) is 10.1. The Bertz CT molecular complexity index is 1280. The summed E-state index contributed by atoms with van der Waals surface area (Å²) < 4.78 is 27.5. The minimum Gasteiger partial charge on any atom is -0.486 e. The Morgan fingerprint density at radius 1 is 1.21 bits per heavy atom. The predicted molar refractivity (Wildman–Crippen MR) is 127 cm³/mol. The number of nitrogens with zero attached hydrogens (tertiary/aromatic N) is 2. The minimum absolute atomic E-state index is 0.112. The number of benzene rings is 2. The number of carbonyl (C=O) groups is 1. The van der Waals surface area contributed by atoms with Gasteiger partial charge in [-0.05, 0) is 77.3 Å². The molecule has 2 aromatic heterocycles. The van der Waals surface area contributed by atoms with Crippen molar-refractivity contribution < 1.29 is 18.3 Å². The van der Waals surface area contributed by atoms with Gasteiger partial charge in [-0.3, -0.25) is 9.48 Å². The molecule has 1 amide bonds. The molecule has 4 aromatic rings. The van der Waals surface area contributed by atoms with Crippen molar-refractivity contribution in [1.82, 2.24) is 9.78 Å². The summed E-state index contributed by atoms with van der Waals surface area (Å²) in [5, 5.41) is 7.29. The average Bonchev–Trinajstić information content (AvgIpc) is 3.35. The van der Waals surface area contributed by atoms with E-state index in [0.29, 0.717) is 20.8 Å². The quantitative estimate of drug-likeness (QED) is 0.294. The molecule has 0 saturated heterocycles. The largest absolute Gasteiger partial charge is 0.486 e. The molecule has 170 valence electrons. The van der Waals surface area contributed by atoms with Crippen molar-refractivity contribution in [1.29, 1.82) is 0 Å². The molecule has 0 bridgehead atoms. The molecule has 0 aliphatic carbocycles. The maximum atomic E-state index is 14.1. The van der Waals surface area contributed by atoms with Gasteiger partial charge in [0, 0.05) is 16.8 Å². The number of carbonyl (C=O) groups excluding carboxylic acids is 1. The Morgan fingerprint density at radius 2 is 1.97 bits per heavy atom. The highest BCUT2D eigenvalue weighted by atomic mass is 79.9. The molecular formula is C24H20BrClFN3O3. The van der Waals surface area contributed by atoms with Crippen LogP contribution in [0.2, 0.25) is 5.02 Å². The second kappa shape index (κ2) is 9.80. The van der Waals surface area contributed by atoms with Crippen molar-refractivity contribution in [3.8, 4) is 5.75 Å². The van der Waals surface area contributed by atoms with Gasteiger partial charge in [0.2, 0.25) is 0 Å². The molecule has 1 N–H and O–H groups in total. The summed E-state index contributed by atoms with van der Waals surface area (Å²) >= 11 is 9.45. The van der Waals surface area contributed by atoms with Crippen LogP contribution in [0.5, 0.6) is 5.75 Å². The minimum atomic E-state index is -0.470. The van der Waals surface area contributed by atoms with Crippen molar-refractivity contribution >= 4 is 39.3 Å². The normalized spacial score (nSPS) is 10.9. The highest BCUT2D eigenvalue weighted by Crippen LogP contribution is 2.25. The molecule has 0 atom stereocenters. The Morgan fingerprint density at radius 3 is 2.70 bits per heavy atom. The smallest absolute Gasteiger partial charge is 0.292 e. The van der Waals surface area contributed by atoms with Crippen molar-refractivity contribution in [2.45, 2.75) is 27.0 Å². The van der Waals surface area contributed by atoms with Gasteiger partial charge >= 0.3 is 0 Å². The fraction of sp³-hybridized carbons (Fsp3) is 0.167. The molecule has 0 radical (unpaired) electrons. The van der Waals surface area contributed by atoms with Crippen molar-refractivity contribution in [2.75, 3.05) is 5.32 Å². The molecule has 0 fully saturated rings. The van der Waals surface area contributed by atoms with Crippen LogP contribution in [0.3, 0.4) is 0 Å². The molecule has 9 heteroatoms. The summed E-state index contributed by atoms with van der Waals surface area (Å²) in [5.41, 5.74) is 2.52. The number of halogens is 3. The molecule has 0 saturated carbocycles. The number of aromatic nitrogens is 2. The van der Waals surface area contributed by atoms with Crippen LogP contribution < -0.4 is 10.1 Å². The lowest BCUT2D eigenvalue weighted by atomic mass is 10.1. The number of nitrogens with one attached hydrogen (secondary N) is 1. The summed E-state index contributed by atoms with van der Waals surface area (Å²) in [4.78, 5) is 12.6. The van der Waals surface area contributed by atoms with E-state index in [2.05, 4.69) is 32.4 Å². The zero-order valence-electron chi connectivity index (χ0n) is 17.9. The van der Waals surface area contributed by atoms with Crippen LogP contribution in [-0.4, -0.2) is 15.7 Å². The zero-order valence-corrected chi connectivity index (χ0v) is 20.2. The van der Waals surface area contributed by atoms with Gasteiger partial charge in [0.1, 0.15) is 23.9 Å². The Hall–Kier alpha value is -3.10. The predicted octanol–water partition coefficient (Wildman–Crippen LogP) is 6.53. The maximum Gasteiger partial charge on any atom is 0.292 e. The summed E-state index contributed by atoms with van der Waals surface area (Å²) in [7, 11) is 0. The summed E-state index contributed by atoms with van der Waals surface area (Å²) in [6.45, 7) is 4.30. The van der Waals surface area contributed by atoms with Gasteiger partial charge in [-0.2, -0.15) is 5.10 Å². The molecular weight excluding hydrogens is 513 g/mol. The molecule has 4 rings (SSSR count). The topological polar surface area (TPSA) is 69.3 Å². The molecule has 2 heterocycles. The molecule has 2 aromatic carbocycles. The molecule has 0 unspecified atom stereocenters. The van der Waals surface area contributed by atoms with E-state index in [-0.39, 0.29) is 24.7 Å². The summed E-state index contributed by atoms with van der Waals surface area (Å²) in [6, 6.07) is 13.7. The monoisotopic (exact) mass is 531 g/mol. The van der Waals surface area contributed by atoms with Crippen LogP contribution in [0.4, 0.5) is 10.2 Å². The fourth-order valence-corrected chi connectivity index (χ4v) is 3.96. The second-order valence-electron chi connectivity index (χ2n) is 7.56. The maximum absolute atomic E-state index is 14.1. The van der Waals surface area contributed by atoms with E-state index in [1.54, 1.807) is 24.4 Å². The fourth-order valence-electron chi connectivity index (χ4n) is 3.33. The number of hydrogen-bond donors (Lipinski definition) is 1. The highest BCUT2D eigenvalue weighted by Gasteiger charge is 2.17. The number of rotatable bonds is 7. The van der Waals surface area contributed by atoms with Gasteiger partial charge in [0.15, 0.2) is 11.6 Å². The zero-order chi connectivity index (χ0) is 23.5. The standard InChI is InChI=1S/C24H20BrClFN3O3/c1-14-8-15(2)10-17(9-14)32-13-16-6-7-22(33-16)24(31)28-23-19(25)12-30(29-23)11-18-20(26)4-3-5-21(18)27/h3-10,12H,11,13H2,1-2H3,(H,28,29,31). The average molecular weight is 533 g/mol. The van der Waals surface area contributed by atoms with E-state index in [9.17, 15) is 9.18 Å². The number of amides is 1. The van der Waals surface area contributed by atoms with Gasteiger partial charge in [-0.15, -0.1) is 0 Å². The number of ether oxygens (including phenoxy) is 1. The molecule has 33 heavy (non-hydrogen) atoms. The number of hydrogen-bond acceptors (Lipinski definition) is 4. The van der Waals surface area contributed by atoms with E-state index >= 15 is 0 Å². The third kappa shape index (κ3) is 5.64. The lowest BCUT2D eigenvalue weighted by Gasteiger charge is -2.07. The molecule has 6 nitrogen and oxygen atoms in total. The van der Waals surface area contributed by atoms with Crippen molar-refractivity contribution in [3.05, 3.63) is 98.3 Å². The highest BCUT2D eigenvalue weighted by molar-refractivity contribution is 9.10. The van der Waals surface area contributed by atoms with E-state index < -0.39 is 11.7 Å². The Kier molecular flexibility index (Phi) is 6.85. The van der Waals surface area contributed by atoms with Crippen LogP contribution >= 0.6 is 27.5 Å². The summed E-state index contributed by atoms with van der Waals surface area (Å²) in [5.74, 6) is 0.746. The number of anilines is 1. The summed E-state index contributed by atoms with van der Waals surface area (Å²) in [6.07, 6.45) is 1.63.